The molecule has 0 amide bonds. The molecule has 3 fully saturated rings. The van der Waals surface area contributed by atoms with Gasteiger partial charge in [-0.15, -0.1) is 16.3 Å². The highest BCUT2D eigenvalue weighted by atomic mass is 32.7. The molecular formula is C20H25FN10O10P2S2+2. The molecular weight excluding hydrogens is 685 g/mol. The van der Waals surface area contributed by atoms with Crippen LogP contribution in [0.2, 0.25) is 0 Å². The summed E-state index contributed by atoms with van der Waals surface area (Å²) in [6, 6.07) is 0. The number of nitrogens with two attached hydrogens (primary N) is 2. The van der Waals surface area contributed by atoms with Gasteiger partial charge >= 0.3 is 15.3 Å². The first kappa shape index (κ1) is 31.2. The van der Waals surface area contributed by atoms with Crippen molar-refractivity contribution in [2.45, 2.75) is 47.4 Å². The second-order valence-corrected chi connectivity index (χ2v) is 15.9. The van der Waals surface area contributed by atoms with Crippen LogP contribution in [0.1, 0.15) is 11.6 Å². The minimum absolute atomic E-state index is 0.0446. The molecule has 45 heavy (non-hydrogen) atoms. The molecule has 242 valence electrons. The van der Waals surface area contributed by atoms with Crippen LogP contribution < -0.4 is 17.0 Å². The molecule has 4 aromatic heterocycles. The first-order valence-corrected chi connectivity index (χ1v) is 18.2. The van der Waals surface area contributed by atoms with Gasteiger partial charge < -0.3 is 21.3 Å². The van der Waals surface area contributed by atoms with Gasteiger partial charge in [-0.25, -0.2) is 24.3 Å². The van der Waals surface area contributed by atoms with Crippen LogP contribution in [0.4, 0.5) is 16.2 Å². The lowest BCUT2D eigenvalue weighted by Crippen LogP contribution is -2.35. The van der Waals surface area contributed by atoms with Crippen LogP contribution in [0.25, 0.3) is 22.3 Å². The summed E-state index contributed by atoms with van der Waals surface area (Å²) in [5, 5.41) is 9.33. The molecule has 9 N–H and O–H groups in total. The maximum atomic E-state index is 16.0. The van der Waals surface area contributed by atoms with Gasteiger partial charge in [-0.05, 0) is 0 Å². The van der Waals surface area contributed by atoms with Crippen LogP contribution in [0, 0.1) is 0 Å². The Morgan fingerprint density at radius 1 is 1.02 bits per heavy atom. The average molecular weight is 711 g/mol. The van der Waals surface area contributed by atoms with Crippen LogP contribution in [-0.4, -0.2) is 108 Å². The fourth-order valence-electron chi connectivity index (χ4n) is 5.28. The van der Waals surface area contributed by atoms with Crippen LogP contribution in [-0.2, 0) is 22.8 Å². The topological polar surface area (TPSA) is 286 Å². The van der Waals surface area contributed by atoms with E-state index in [2.05, 4.69) is 42.2 Å². The third kappa shape index (κ3) is 5.64. The normalized spacial score (nSPS) is 35.6. The van der Waals surface area contributed by atoms with Gasteiger partial charge in [-0.3, -0.25) is 18.9 Å². The van der Waals surface area contributed by atoms with Crippen LogP contribution in [0.3, 0.4) is 0 Å². The van der Waals surface area contributed by atoms with Crippen molar-refractivity contribution in [3.05, 3.63) is 29.3 Å². The van der Waals surface area contributed by atoms with E-state index < -0.39 is 81.5 Å². The Morgan fingerprint density at radius 2 is 1.78 bits per heavy atom. The molecule has 3 saturated heterocycles. The number of hydrogen-bond donors (Lipinski definition) is 8. The predicted octanol–water partition coefficient (Wildman–Crippen LogP) is -0.587. The smallest absolute Gasteiger partial charge is 0.389 e. The Labute approximate surface area is 260 Å². The second-order valence-electron chi connectivity index (χ2n) is 10.1. The molecule has 2 bridgehead atoms. The number of alkyl halides is 1. The van der Waals surface area contributed by atoms with Gasteiger partial charge in [-0.2, -0.15) is 33.2 Å². The Morgan fingerprint density at radius 3 is 2.58 bits per heavy atom. The van der Waals surface area contributed by atoms with Crippen molar-refractivity contribution in [2.24, 2.45) is 0 Å². The summed E-state index contributed by atoms with van der Waals surface area (Å²) in [5.41, 5.74) is 11.3. The lowest BCUT2D eigenvalue weighted by Gasteiger charge is -2.24. The van der Waals surface area contributed by atoms with Crippen molar-refractivity contribution in [3.63, 3.8) is 0 Å². The van der Waals surface area contributed by atoms with Gasteiger partial charge in [0.25, 0.3) is 5.56 Å². The molecule has 9 atom stereocenters. The number of nitrogen functional groups attached to an aromatic ring is 2. The predicted molar refractivity (Wildman–Crippen MR) is 159 cm³/mol. The van der Waals surface area contributed by atoms with Gasteiger partial charge in [-0.1, -0.05) is 0 Å². The van der Waals surface area contributed by atoms with Crippen molar-refractivity contribution in [2.75, 3.05) is 24.7 Å². The standard InChI is InChI=1S/C20H24FN10O10P2S2/c21-8-12-6(39-18(8)30-4-26-9-14(22)24-3-25-15(9)30)1-38-43(36,44)41-13-11(32)7(2-37-42(34,35)40-12)45-19(13)31-5-27-10-16(31)28-20(23)29-17(10)33/h3-8,11-13,18-19,32,34-36,44H,1-2H2,(H4-,22,23,24,25,28,29,33)/q+1/p+1/t6-,7-,8+,11-,12-,13-,18-,19-,43?/m1/s1. The number of aliphatic hydroxyl groups excluding tert-OH is 1. The number of aliphatic hydroxyl groups is 1. The van der Waals surface area contributed by atoms with Crippen LogP contribution >= 0.6 is 39.3 Å². The Kier molecular flexibility index (Phi) is 7.92. The van der Waals surface area contributed by atoms with Gasteiger partial charge in [0.15, 0.2) is 47.2 Å². The number of hydrogen-bond acceptors (Lipinski definition) is 19. The summed E-state index contributed by atoms with van der Waals surface area (Å²) < 4.78 is 46.6. The molecule has 1 unspecified atom stereocenters. The second kappa shape index (κ2) is 11.4. The van der Waals surface area contributed by atoms with E-state index in [1.54, 1.807) is 0 Å². The van der Waals surface area contributed by atoms with Gasteiger partial charge in [0.1, 0.15) is 42.6 Å². The summed E-state index contributed by atoms with van der Waals surface area (Å²) in [7, 11) is -8.90. The molecule has 4 aromatic rings. The zero-order valence-electron chi connectivity index (χ0n) is 22.4. The molecule has 0 spiro atoms. The van der Waals surface area contributed by atoms with Crippen molar-refractivity contribution >= 4 is 73.4 Å². The SMILES string of the molecule is Nc1nc2c(ncn2[C@@H]2S[C@@H]3CO[P+](O)(O)O[C@H]4[C@H](F)[C@H](n5cnc6c(N)ncnc65)O[C@@H]4CO[P+](O)(S)O[C@@H]2[C@@H]3O)c(=O)[nH]1. The third-order valence-corrected chi connectivity index (χ3v) is 11.5. The van der Waals surface area contributed by atoms with Gasteiger partial charge in [0, 0.05) is 0 Å². The average Bonchev–Trinajstić information content (AvgIpc) is 3.72. The van der Waals surface area contributed by atoms with Crippen LogP contribution in [0.5, 0.6) is 0 Å². The summed E-state index contributed by atoms with van der Waals surface area (Å²) in [5.74, 6) is -0.149. The van der Waals surface area contributed by atoms with E-state index in [1.165, 1.54) is 21.8 Å². The Bertz CT molecular complexity index is 1820. The van der Waals surface area contributed by atoms with E-state index in [9.17, 15) is 24.6 Å². The number of ether oxygens (including phenoxy) is 1. The van der Waals surface area contributed by atoms with Gasteiger partial charge in [0.05, 0.1) is 30.2 Å². The fourth-order valence-corrected chi connectivity index (χ4v) is 9.41. The van der Waals surface area contributed by atoms with Gasteiger partial charge in [0.2, 0.25) is 5.95 Å². The lowest BCUT2D eigenvalue weighted by atomic mass is 10.1. The van der Waals surface area contributed by atoms with E-state index in [0.717, 1.165) is 18.1 Å². The quantitative estimate of drug-likeness (QED) is 0.0953. The Hall–Kier alpha value is -2.37. The maximum Gasteiger partial charge on any atom is 0.570 e. The molecule has 0 aromatic carbocycles. The lowest BCUT2D eigenvalue weighted by molar-refractivity contribution is -0.0478. The molecule has 0 aliphatic carbocycles. The number of thiol groups is 1. The van der Waals surface area contributed by atoms with E-state index in [-0.39, 0.29) is 34.1 Å². The van der Waals surface area contributed by atoms with E-state index in [1.807, 2.05) is 0 Å². The molecule has 25 heteroatoms. The summed E-state index contributed by atoms with van der Waals surface area (Å²) in [6.07, 6.45) is -5.68. The maximum absolute atomic E-state index is 16.0. The van der Waals surface area contributed by atoms with E-state index in [4.69, 9.17) is 34.3 Å². The van der Waals surface area contributed by atoms with Crippen molar-refractivity contribution in [1.29, 1.82) is 0 Å². The number of rotatable bonds is 2. The minimum atomic E-state index is -4.77. The van der Waals surface area contributed by atoms with Crippen molar-refractivity contribution in [3.8, 4) is 0 Å². The molecule has 0 radical (unpaired) electrons. The molecule has 3 aliphatic rings. The number of aromatic amines is 1. The summed E-state index contributed by atoms with van der Waals surface area (Å²) in [4.78, 5) is 67.5. The highest BCUT2D eigenvalue weighted by Gasteiger charge is 2.60. The first-order valence-electron chi connectivity index (χ1n) is 13.0. The monoisotopic (exact) mass is 710 g/mol. The molecule has 20 nitrogen and oxygen atoms in total. The highest BCUT2D eigenvalue weighted by Crippen LogP contribution is 2.66. The van der Waals surface area contributed by atoms with E-state index >= 15 is 4.39 Å². The zero-order valence-corrected chi connectivity index (χ0v) is 25.9. The number of H-pyrrole nitrogens is 1. The highest BCUT2D eigenvalue weighted by molar-refractivity contribution is 8.47. The molecule has 3 aliphatic heterocycles. The van der Waals surface area contributed by atoms with Crippen molar-refractivity contribution in [1.82, 2.24) is 39.0 Å². The number of aromatic nitrogens is 8. The number of nitrogens with one attached hydrogen (secondary N) is 1. The number of fused-ring (bicyclic) bond motifs is 5. The largest absolute Gasteiger partial charge is 0.570 e. The number of thioether (sulfide) groups is 1. The van der Waals surface area contributed by atoms with Crippen molar-refractivity contribution < 1.29 is 47.0 Å². The number of imidazole rings is 2. The number of halogens is 1. The molecule has 0 saturated carbocycles. The third-order valence-electron chi connectivity index (χ3n) is 7.30. The minimum Gasteiger partial charge on any atom is -0.389 e. The first-order chi connectivity index (χ1) is 21.3. The zero-order chi connectivity index (χ0) is 31.8. The fraction of sp³-hybridized carbons (Fsp3) is 0.500. The van der Waals surface area contributed by atoms with Crippen LogP contribution in [0.15, 0.2) is 23.8 Å². The van der Waals surface area contributed by atoms with E-state index in [0.29, 0.717) is 0 Å². The molecule has 7 heterocycles. The summed E-state index contributed by atoms with van der Waals surface area (Å²) in [6.45, 7) is -1.15. The number of nitrogens with zero attached hydrogens (tertiary/aromatic N) is 7. The number of anilines is 2. The molecule has 7 rings (SSSR count). The Balaban J connectivity index is 1.20. The summed E-state index contributed by atoms with van der Waals surface area (Å²) >= 11 is 5.19.